The fourth-order valence-corrected chi connectivity index (χ4v) is 2.42. The number of nitrogens with one attached hydrogen (secondary N) is 2. The van der Waals surface area contributed by atoms with Crippen LogP contribution in [-0.2, 0) is 4.74 Å². The first-order valence-electron chi connectivity index (χ1n) is 5.92. The SMILES string of the molecule is CCNc1nc(SCCCOC)c2[nH]cnc2n1. The predicted octanol–water partition coefficient (Wildman–Crippen LogP) is 1.91. The van der Waals surface area contributed by atoms with Crippen LogP contribution in [0.3, 0.4) is 0 Å². The molecule has 2 rings (SSSR count). The Hall–Kier alpha value is -1.34. The van der Waals surface area contributed by atoms with E-state index in [1.807, 2.05) is 6.92 Å². The van der Waals surface area contributed by atoms with Crippen molar-refractivity contribution in [2.45, 2.75) is 18.4 Å². The van der Waals surface area contributed by atoms with Crippen LogP contribution in [-0.4, -0.2) is 46.0 Å². The van der Waals surface area contributed by atoms with Crippen LogP contribution < -0.4 is 5.32 Å². The Morgan fingerprint density at radius 2 is 2.33 bits per heavy atom. The van der Waals surface area contributed by atoms with E-state index in [0.717, 1.165) is 35.9 Å². The second-order valence-corrected chi connectivity index (χ2v) is 4.76. The molecule has 0 radical (unpaired) electrons. The summed E-state index contributed by atoms with van der Waals surface area (Å²) in [5.41, 5.74) is 1.61. The first-order chi connectivity index (χ1) is 8.85. The van der Waals surface area contributed by atoms with Crippen molar-refractivity contribution in [2.75, 3.05) is 31.3 Å². The summed E-state index contributed by atoms with van der Waals surface area (Å²) in [6.07, 6.45) is 2.64. The van der Waals surface area contributed by atoms with Gasteiger partial charge in [-0.05, 0) is 13.3 Å². The molecule has 0 atom stereocenters. The molecule has 0 bridgehead atoms. The molecule has 7 heteroatoms. The first kappa shape index (κ1) is 13.1. The van der Waals surface area contributed by atoms with Gasteiger partial charge in [-0.1, -0.05) is 0 Å². The maximum atomic E-state index is 5.04. The lowest BCUT2D eigenvalue weighted by Gasteiger charge is -2.05. The number of ether oxygens (including phenoxy) is 1. The molecule has 0 aliphatic heterocycles. The van der Waals surface area contributed by atoms with Crippen LogP contribution >= 0.6 is 11.8 Å². The van der Waals surface area contributed by atoms with Gasteiger partial charge in [0.25, 0.3) is 0 Å². The number of fused-ring (bicyclic) bond motifs is 1. The average Bonchev–Trinajstić information content (AvgIpc) is 2.83. The second kappa shape index (κ2) is 6.55. The van der Waals surface area contributed by atoms with Gasteiger partial charge in [-0.3, -0.25) is 0 Å². The van der Waals surface area contributed by atoms with Crippen molar-refractivity contribution in [3.05, 3.63) is 6.33 Å². The fraction of sp³-hybridized carbons (Fsp3) is 0.545. The quantitative estimate of drug-likeness (QED) is 0.453. The number of rotatable bonds is 7. The summed E-state index contributed by atoms with van der Waals surface area (Å²) in [6, 6.07) is 0. The zero-order valence-corrected chi connectivity index (χ0v) is 11.4. The van der Waals surface area contributed by atoms with Crippen molar-refractivity contribution in [3.63, 3.8) is 0 Å². The Morgan fingerprint density at radius 3 is 3.11 bits per heavy atom. The Bertz CT molecular complexity index is 501. The molecule has 0 aliphatic carbocycles. The Balaban J connectivity index is 2.15. The summed E-state index contributed by atoms with van der Waals surface area (Å²) in [5, 5.41) is 4.05. The van der Waals surface area contributed by atoms with Crippen LogP contribution in [0.2, 0.25) is 0 Å². The Morgan fingerprint density at radius 1 is 1.44 bits per heavy atom. The molecule has 98 valence electrons. The average molecular weight is 267 g/mol. The lowest BCUT2D eigenvalue weighted by molar-refractivity contribution is 0.200. The standard InChI is InChI=1S/C11H17N5OS/c1-3-12-11-15-9-8(13-7-14-9)10(16-11)18-6-4-5-17-2/h7H,3-6H2,1-2H3,(H2,12,13,14,15,16). The van der Waals surface area contributed by atoms with Crippen molar-refractivity contribution in [2.24, 2.45) is 0 Å². The van der Waals surface area contributed by atoms with Crippen molar-refractivity contribution in [3.8, 4) is 0 Å². The molecule has 0 saturated carbocycles. The fourth-order valence-electron chi connectivity index (χ4n) is 1.52. The zero-order valence-electron chi connectivity index (χ0n) is 10.6. The lowest BCUT2D eigenvalue weighted by atomic mass is 10.5. The number of imidazole rings is 1. The van der Waals surface area contributed by atoms with Gasteiger partial charge in [0, 0.05) is 26.0 Å². The number of aromatic amines is 1. The van der Waals surface area contributed by atoms with Crippen molar-refractivity contribution in [1.82, 2.24) is 19.9 Å². The van der Waals surface area contributed by atoms with Crippen LogP contribution in [0.1, 0.15) is 13.3 Å². The molecule has 2 aromatic heterocycles. The molecule has 0 spiro atoms. The van der Waals surface area contributed by atoms with Crippen LogP contribution in [0.4, 0.5) is 5.95 Å². The number of hydrogen-bond donors (Lipinski definition) is 2. The topological polar surface area (TPSA) is 75.7 Å². The molecule has 2 heterocycles. The highest BCUT2D eigenvalue weighted by molar-refractivity contribution is 7.99. The molecule has 0 saturated heterocycles. The van der Waals surface area contributed by atoms with Gasteiger partial charge in [0.05, 0.1) is 6.33 Å². The first-order valence-corrected chi connectivity index (χ1v) is 6.90. The van der Waals surface area contributed by atoms with Gasteiger partial charge < -0.3 is 15.0 Å². The molecule has 0 unspecified atom stereocenters. The largest absolute Gasteiger partial charge is 0.385 e. The smallest absolute Gasteiger partial charge is 0.225 e. The normalized spacial score (nSPS) is 11.0. The number of anilines is 1. The third kappa shape index (κ3) is 3.11. The highest BCUT2D eigenvalue weighted by atomic mass is 32.2. The highest BCUT2D eigenvalue weighted by Crippen LogP contribution is 2.24. The van der Waals surface area contributed by atoms with Gasteiger partial charge in [-0.15, -0.1) is 11.8 Å². The zero-order chi connectivity index (χ0) is 12.8. The van der Waals surface area contributed by atoms with E-state index in [9.17, 15) is 0 Å². The Kier molecular flexibility index (Phi) is 4.77. The molecular formula is C11H17N5OS. The molecule has 0 aromatic carbocycles. The molecule has 6 nitrogen and oxygen atoms in total. The highest BCUT2D eigenvalue weighted by Gasteiger charge is 2.09. The summed E-state index contributed by atoms with van der Waals surface area (Å²) in [5.74, 6) is 1.59. The van der Waals surface area contributed by atoms with E-state index in [1.165, 1.54) is 0 Å². The number of methoxy groups -OCH3 is 1. The second-order valence-electron chi connectivity index (χ2n) is 3.68. The van der Waals surface area contributed by atoms with E-state index in [2.05, 4.69) is 25.3 Å². The van der Waals surface area contributed by atoms with E-state index in [0.29, 0.717) is 11.6 Å². The number of thioether (sulfide) groups is 1. The van der Waals surface area contributed by atoms with Crippen molar-refractivity contribution in [1.29, 1.82) is 0 Å². The van der Waals surface area contributed by atoms with Gasteiger partial charge >= 0.3 is 0 Å². The molecule has 2 N–H and O–H groups in total. The Labute approximate surface area is 110 Å². The summed E-state index contributed by atoms with van der Waals surface area (Å²) in [7, 11) is 1.71. The molecule has 0 aliphatic rings. The number of H-pyrrole nitrogens is 1. The van der Waals surface area contributed by atoms with Gasteiger partial charge in [0.1, 0.15) is 10.5 Å². The summed E-state index contributed by atoms with van der Waals surface area (Å²) in [6.45, 7) is 3.58. The van der Waals surface area contributed by atoms with Crippen molar-refractivity contribution < 1.29 is 4.74 Å². The minimum atomic E-state index is 0.631. The van der Waals surface area contributed by atoms with Crippen LogP contribution in [0.25, 0.3) is 11.2 Å². The minimum Gasteiger partial charge on any atom is -0.385 e. The van der Waals surface area contributed by atoms with Crippen LogP contribution in [0, 0.1) is 0 Å². The molecule has 0 fully saturated rings. The van der Waals surface area contributed by atoms with Crippen molar-refractivity contribution >= 4 is 28.9 Å². The molecular weight excluding hydrogens is 250 g/mol. The van der Waals surface area contributed by atoms with Gasteiger partial charge in [-0.2, -0.15) is 4.98 Å². The molecule has 0 amide bonds. The maximum Gasteiger partial charge on any atom is 0.225 e. The van der Waals surface area contributed by atoms with Crippen LogP contribution in [0.5, 0.6) is 0 Å². The van der Waals surface area contributed by atoms with E-state index in [1.54, 1.807) is 25.2 Å². The number of nitrogens with zero attached hydrogens (tertiary/aromatic N) is 3. The third-order valence-electron chi connectivity index (χ3n) is 2.32. The molecule has 18 heavy (non-hydrogen) atoms. The van der Waals surface area contributed by atoms with Crippen LogP contribution in [0.15, 0.2) is 11.4 Å². The van der Waals surface area contributed by atoms with Gasteiger partial charge in [-0.25, -0.2) is 9.97 Å². The summed E-state index contributed by atoms with van der Waals surface area (Å²) >= 11 is 1.69. The summed E-state index contributed by atoms with van der Waals surface area (Å²) < 4.78 is 5.04. The summed E-state index contributed by atoms with van der Waals surface area (Å²) in [4.78, 5) is 16.1. The predicted molar refractivity (Wildman–Crippen MR) is 73.1 cm³/mol. The van der Waals surface area contributed by atoms with E-state index >= 15 is 0 Å². The van der Waals surface area contributed by atoms with E-state index in [-0.39, 0.29) is 0 Å². The van der Waals surface area contributed by atoms with Gasteiger partial charge in [0.15, 0.2) is 5.65 Å². The van der Waals surface area contributed by atoms with E-state index < -0.39 is 0 Å². The molecule has 2 aromatic rings. The third-order valence-corrected chi connectivity index (χ3v) is 3.38. The monoisotopic (exact) mass is 267 g/mol. The van der Waals surface area contributed by atoms with E-state index in [4.69, 9.17) is 4.74 Å². The minimum absolute atomic E-state index is 0.631. The van der Waals surface area contributed by atoms with Gasteiger partial charge in [0.2, 0.25) is 5.95 Å². The number of hydrogen-bond acceptors (Lipinski definition) is 6. The lowest BCUT2D eigenvalue weighted by Crippen LogP contribution is -2.03. The maximum absolute atomic E-state index is 5.04. The number of aromatic nitrogens is 4.